The molecule has 0 aliphatic rings. The number of hydrogen-bond acceptors (Lipinski definition) is 6. The molecule has 0 bridgehead atoms. The van der Waals surface area contributed by atoms with Gasteiger partial charge in [-0.05, 0) is 44.4 Å². The molecule has 4 aromatic rings. The molecule has 0 fully saturated rings. The number of aromatic amines is 1. The van der Waals surface area contributed by atoms with Gasteiger partial charge in [-0.25, -0.2) is 9.79 Å². The predicted octanol–water partition coefficient (Wildman–Crippen LogP) is 4.46. The molecule has 0 unspecified atom stereocenters. The van der Waals surface area contributed by atoms with Gasteiger partial charge >= 0.3 is 5.97 Å². The van der Waals surface area contributed by atoms with Crippen molar-refractivity contribution in [3.63, 3.8) is 0 Å². The van der Waals surface area contributed by atoms with E-state index in [1.807, 2.05) is 55.4 Å². The third kappa shape index (κ3) is 5.70. The molecule has 2 N–H and O–H groups in total. The minimum absolute atomic E-state index is 0.0738. The van der Waals surface area contributed by atoms with Gasteiger partial charge in [0.05, 0.1) is 29.6 Å². The molecule has 8 nitrogen and oxygen atoms in total. The molecule has 3 aromatic carbocycles. The normalized spacial score (nSPS) is 11.6. The Hall–Kier alpha value is -4.43. The van der Waals surface area contributed by atoms with Crippen molar-refractivity contribution in [2.24, 2.45) is 4.99 Å². The Morgan fingerprint density at radius 1 is 0.892 bits per heavy atom. The topological polar surface area (TPSA) is 98.2 Å². The molecule has 1 amide bonds. The average molecular weight is 499 g/mol. The Morgan fingerprint density at radius 3 is 2.32 bits per heavy atom. The molecule has 0 saturated carbocycles. The van der Waals surface area contributed by atoms with E-state index in [-0.39, 0.29) is 11.8 Å². The van der Waals surface area contributed by atoms with Gasteiger partial charge in [0.1, 0.15) is 0 Å². The fourth-order valence-corrected chi connectivity index (χ4v) is 4.04. The second-order valence-electron chi connectivity index (χ2n) is 9.01. The number of H-pyrrole nitrogens is 1. The van der Waals surface area contributed by atoms with Crippen LogP contribution in [0, 0.1) is 0 Å². The van der Waals surface area contributed by atoms with E-state index in [9.17, 15) is 14.7 Å². The summed E-state index contributed by atoms with van der Waals surface area (Å²) in [4.78, 5) is 36.6. The van der Waals surface area contributed by atoms with Crippen molar-refractivity contribution < 1.29 is 19.4 Å². The lowest BCUT2D eigenvalue weighted by Crippen LogP contribution is -2.33. The van der Waals surface area contributed by atoms with Crippen molar-refractivity contribution in [2.45, 2.75) is 0 Å². The van der Waals surface area contributed by atoms with Crippen molar-refractivity contribution in [1.82, 2.24) is 14.8 Å². The maximum atomic E-state index is 13.0. The second-order valence-corrected chi connectivity index (χ2v) is 9.01. The average Bonchev–Trinajstić information content (AvgIpc) is 3.24. The number of likely N-dealkylation sites (N-methyl/N-ethyl adjacent to an activating group) is 2. The lowest BCUT2D eigenvalue weighted by atomic mass is 10.00. The number of hydrogen-bond donors (Lipinski definition) is 2. The van der Waals surface area contributed by atoms with E-state index in [4.69, 9.17) is 9.73 Å². The summed E-state index contributed by atoms with van der Waals surface area (Å²) in [5.41, 5.74) is 3.86. The first-order valence-corrected chi connectivity index (χ1v) is 11.9. The lowest BCUT2D eigenvalue weighted by Gasteiger charge is -2.19. The molecule has 1 heterocycles. The molecule has 0 saturated heterocycles. The van der Waals surface area contributed by atoms with Gasteiger partial charge in [-0.2, -0.15) is 0 Å². The largest absolute Gasteiger partial charge is 0.494 e. The summed E-state index contributed by atoms with van der Waals surface area (Å²) in [7, 11) is 7.04. The molecule has 0 spiro atoms. The lowest BCUT2D eigenvalue weighted by molar-refractivity contribution is 0.0600. The van der Waals surface area contributed by atoms with Gasteiger partial charge in [-0.1, -0.05) is 42.5 Å². The monoisotopic (exact) mass is 498 g/mol. The van der Waals surface area contributed by atoms with Crippen LogP contribution in [-0.4, -0.2) is 78.8 Å². The fraction of sp³-hybridized carbons (Fsp3) is 0.207. The van der Waals surface area contributed by atoms with Crippen LogP contribution in [0.4, 0.5) is 5.69 Å². The number of nitrogens with zero attached hydrogens (tertiary/aromatic N) is 3. The van der Waals surface area contributed by atoms with Crippen LogP contribution in [0.25, 0.3) is 10.9 Å². The number of carbonyl (C=O) groups is 2. The minimum atomic E-state index is -0.466. The molecule has 0 atom stereocenters. The first-order valence-electron chi connectivity index (χ1n) is 11.9. The fourth-order valence-electron chi connectivity index (χ4n) is 4.04. The van der Waals surface area contributed by atoms with Crippen molar-refractivity contribution >= 4 is 34.2 Å². The third-order valence-electron chi connectivity index (χ3n) is 6.05. The van der Waals surface area contributed by atoms with Gasteiger partial charge in [0, 0.05) is 42.2 Å². The molecule has 0 aliphatic carbocycles. The zero-order valence-electron chi connectivity index (χ0n) is 21.4. The molecule has 0 radical (unpaired) electrons. The number of methoxy groups -OCH3 is 1. The van der Waals surface area contributed by atoms with E-state index in [0.29, 0.717) is 45.5 Å². The van der Waals surface area contributed by atoms with Crippen molar-refractivity contribution in [2.75, 3.05) is 41.3 Å². The summed E-state index contributed by atoms with van der Waals surface area (Å²) < 4.78 is 4.82. The van der Waals surface area contributed by atoms with Crippen LogP contribution < -0.4 is 0 Å². The highest BCUT2D eigenvalue weighted by Crippen LogP contribution is 2.32. The molecule has 8 heteroatoms. The summed E-state index contributed by atoms with van der Waals surface area (Å²) in [5, 5.41) is 11.6. The van der Waals surface area contributed by atoms with Crippen LogP contribution in [0.1, 0.15) is 31.8 Å². The zero-order chi connectivity index (χ0) is 26.5. The van der Waals surface area contributed by atoms with Crippen molar-refractivity contribution in [1.29, 1.82) is 0 Å². The summed E-state index contributed by atoms with van der Waals surface area (Å²) in [6.45, 7) is 1.36. The Balaban J connectivity index is 1.80. The molecular weight excluding hydrogens is 468 g/mol. The SMILES string of the molecule is COC(=O)c1ccc2c(C(=Nc3cccc(C(=O)N(C)CCN(C)C)c3)c3ccccc3)c(O)[nH]c2c1. The number of aliphatic imine (C=N–C) groups is 1. The molecule has 4 rings (SSSR count). The third-order valence-corrected chi connectivity index (χ3v) is 6.05. The number of amides is 1. The standard InChI is InChI=1S/C29H30N4O4/c1-32(2)15-16-33(3)28(35)20-11-8-12-22(17-20)30-26(19-9-6-5-7-10-19)25-23-14-13-21(29(36)37-4)18-24(23)31-27(25)34/h5-14,17-18,31,34H,15-16H2,1-4H3. The van der Waals surface area contributed by atoms with Gasteiger partial charge in [-0.3, -0.25) is 4.79 Å². The van der Waals surface area contributed by atoms with Crippen molar-refractivity contribution in [3.8, 4) is 5.88 Å². The Morgan fingerprint density at radius 2 is 1.62 bits per heavy atom. The Labute approximate surface area is 215 Å². The number of carbonyl (C=O) groups excluding carboxylic acids is 2. The van der Waals surface area contributed by atoms with Gasteiger partial charge < -0.3 is 24.6 Å². The number of ether oxygens (including phenoxy) is 1. The first kappa shape index (κ1) is 25.7. The van der Waals surface area contributed by atoms with Crippen molar-refractivity contribution in [3.05, 3.63) is 95.1 Å². The van der Waals surface area contributed by atoms with Crippen LogP contribution >= 0.6 is 0 Å². The number of rotatable bonds is 8. The van der Waals surface area contributed by atoms with Gasteiger partial charge in [0.25, 0.3) is 5.91 Å². The predicted molar refractivity (Wildman–Crippen MR) is 145 cm³/mol. The highest BCUT2D eigenvalue weighted by Gasteiger charge is 2.20. The van der Waals surface area contributed by atoms with Crippen LogP contribution in [0.3, 0.4) is 0 Å². The summed E-state index contributed by atoms with van der Waals surface area (Å²) in [5.74, 6) is -0.632. The molecule has 1 aromatic heterocycles. The van der Waals surface area contributed by atoms with E-state index in [2.05, 4.69) is 4.98 Å². The molecular formula is C29H30N4O4. The molecule has 190 valence electrons. The number of aromatic hydroxyl groups is 1. The van der Waals surface area contributed by atoms with E-state index >= 15 is 0 Å². The maximum absolute atomic E-state index is 13.0. The summed E-state index contributed by atoms with van der Waals surface area (Å²) in [6.07, 6.45) is 0. The van der Waals surface area contributed by atoms with E-state index in [1.54, 1.807) is 48.3 Å². The van der Waals surface area contributed by atoms with E-state index in [1.165, 1.54) is 7.11 Å². The van der Waals surface area contributed by atoms with Crippen LogP contribution in [0.15, 0.2) is 77.8 Å². The van der Waals surface area contributed by atoms with Crippen LogP contribution in [0.2, 0.25) is 0 Å². The quantitative estimate of drug-likeness (QED) is 0.276. The summed E-state index contributed by atoms with van der Waals surface area (Å²) in [6, 6.07) is 21.7. The van der Waals surface area contributed by atoms with Gasteiger partial charge in [0.2, 0.25) is 0 Å². The van der Waals surface area contributed by atoms with E-state index in [0.717, 1.165) is 12.1 Å². The highest BCUT2D eigenvalue weighted by molar-refractivity contribution is 6.22. The number of nitrogens with one attached hydrogen (secondary N) is 1. The Kier molecular flexibility index (Phi) is 7.69. The maximum Gasteiger partial charge on any atom is 0.337 e. The van der Waals surface area contributed by atoms with Crippen LogP contribution in [-0.2, 0) is 4.74 Å². The van der Waals surface area contributed by atoms with Crippen LogP contribution in [0.5, 0.6) is 5.88 Å². The summed E-state index contributed by atoms with van der Waals surface area (Å²) >= 11 is 0. The van der Waals surface area contributed by atoms with E-state index < -0.39 is 5.97 Å². The smallest absolute Gasteiger partial charge is 0.337 e. The number of aromatic nitrogens is 1. The first-order chi connectivity index (χ1) is 17.8. The highest BCUT2D eigenvalue weighted by atomic mass is 16.5. The minimum Gasteiger partial charge on any atom is -0.494 e. The molecule has 0 aliphatic heterocycles. The van der Waals surface area contributed by atoms with Gasteiger partial charge in [0.15, 0.2) is 5.88 Å². The number of esters is 1. The number of fused-ring (bicyclic) bond motifs is 1. The zero-order valence-corrected chi connectivity index (χ0v) is 21.4. The van der Waals surface area contributed by atoms with Gasteiger partial charge in [-0.15, -0.1) is 0 Å². The Bertz CT molecular complexity index is 1460. The molecule has 37 heavy (non-hydrogen) atoms. The second kappa shape index (κ2) is 11.1. The number of benzene rings is 3.